The van der Waals surface area contributed by atoms with Crippen LogP contribution in [0.3, 0.4) is 0 Å². The zero-order valence-corrected chi connectivity index (χ0v) is 9.86. The van der Waals surface area contributed by atoms with Gasteiger partial charge in [-0.1, -0.05) is 6.08 Å². The third kappa shape index (κ3) is 3.86. The van der Waals surface area contributed by atoms with Crippen LogP contribution in [0, 0.1) is 0 Å². The first-order valence-corrected chi connectivity index (χ1v) is 5.08. The number of rotatable bonds is 5. The molecule has 0 aliphatic carbocycles. The Labute approximate surface area is 95.1 Å². The molecule has 16 heavy (non-hydrogen) atoms. The molecule has 1 aromatic heterocycles. The van der Waals surface area contributed by atoms with Gasteiger partial charge in [-0.25, -0.2) is 4.79 Å². The summed E-state index contributed by atoms with van der Waals surface area (Å²) in [5, 5.41) is 7.39. The molecule has 0 atom stereocenters. The van der Waals surface area contributed by atoms with Crippen molar-refractivity contribution >= 4 is 5.97 Å². The molecule has 5 nitrogen and oxygen atoms in total. The van der Waals surface area contributed by atoms with Crippen molar-refractivity contribution < 1.29 is 9.53 Å². The Hall–Kier alpha value is -1.62. The van der Waals surface area contributed by atoms with Crippen molar-refractivity contribution in [1.82, 2.24) is 15.1 Å². The van der Waals surface area contributed by atoms with Crippen LogP contribution in [-0.4, -0.2) is 29.4 Å². The number of esters is 1. The van der Waals surface area contributed by atoms with E-state index < -0.39 is 0 Å². The highest BCUT2D eigenvalue weighted by atomic mass is 16.5. The standard InChI is InChI=1S/C11H17N3O2/c1-9(11(15)16-3)4-6-12-8-10-5-7-14(2)13-10/h4-5,7,12H,6,8H2,1-3H3/b9-4+. The minimum atomic E-state index is -0.292. The third-order valence-corrected chi connectivity index (χ3v) is 2.13. The molecule has 1 N–H and O–H groups in total. The molecule has 1 heterocycles. The first kappa shape index (κ1) is 12.4. The number of methoxy groups -OCH3 is 1. The predicted octanol–water partition coefficient (Wildman–Crippen LogP) is 0.629. The fourth-order valence-electron chi connectivity index (χ4n) is 1.23. The second kappa shape index (κ2) is 6.07. The van der Waals surface area contributed by atoms with Gasteiger partial charge in [-0.3, -0.25) is 4.68 Å². The lowest BCUT2D eigenvalue weighted by atomic mass is 10.3. The van der Waals surface area contributed by atoms with Gasteiger partial charge in [0.05, 0.1) is 12.8 Å². The van der Waals surface area contributed by atoms with E-state index in [1.807, 2.05) is 19.3 Å². The number of aryl methyl sites for hydroxylation is 1. The fourth-order valence-corrected chi connectivity index (χ4v) is 1.23. The Morgan fingerprint density at radius 2 is 2.44 bits per heavy atom. The second-order valence-corrected chi connectivity index (χ2v) is 3.49. The molecule has 0 saturated heterocycles. The number of carbonyl (C=O) groups is 1. The minimum absolute atomic E-state index is 0.292. The Morgan fingerprint density at radius 1 is 1.69 bits per heavy atom. The maximum absolute atomic E-state index is 11.0. The zero-order valence-electron chi connectivity index (χ0n) is 9.86. The molecule has 0 radical (unpaired) electrons. The van der Waals surface area contributed by atoms with Crippen molar-refractivity contribution in [2.45, 2.75) is 13.5 Å². The Kier molecular flexibility index (Phi) is 4.72. The normalized spacial score (nSPS) is 11.6. The smallest absolute Gasteiger partial charge is 0.333 e. The number of hydrogen-bond acceptors (Lipinski definition) is 4. The van der Waals surface area contributed by atoms with E-state index in [-0.39, 0.29) is 5.97 Å². The molecular formula is C11H17N3O2. The SMILES string of the molecule is COC(=O)/C(C)=C/CNCc1ccn(C)n1. The number of hydrogen-bond donors (Lipinski definition) is 1. The summed E-state index contributed by atoms with van der Waals surface area (Å²) in [6.07, 6.45) is 3.70. The van der Waals surface area contributed by atoms with Crippen molar-refractivity contribution in [1.29, 1.82) is 0 Å². The molecule has 0 fully saturated rings. The molecule has 0 saturated carbocycles. The van der Waals surface area contributed by atoms with Crippen molar-refractivity contribution in [3.8, 4) is 0 Å². The van der Waals surface area contributed by atoms with E-state index in [0.29, 0.717) is 18.7 Å². The average Bonchev–Trinajstić information content (AvgIpc) is 2.69. The molecule has 1 aromatic rings. The summed E-state index contributed by atoms with van der Waals surface area (Å²) in [5.41, 5.74) is 1.59. The quantitative estimate of drug-likeness (QED) is 0.452. The van der Waals surface area contributed by atoms with Crippen molar-refractivity contribution in [3.63, 3.8) is 0 Å². The Bertz CT molecular complexity index is 382. The van der Waals surface area contributed by atoms with Gasteiger partial charge in [0.15, 0.2) is 0 Å². The highest BCUT2D eigenvalue weighted by molar-refractivity contribution is 5.87. The summed E-state index contributed by atoms with van der Waals surface area (Å²) in [6, 6.07) is 1.95. The number of nitrogens with zero attached hydrogens (tertiary/aromatic N) is 2. The summed E-state index contributed by atoms with van der Waals surface area (Å²) in [7, 11) is 3.26. The van der Waals surface area contributed by atoms with Crippen LogP contribution in [0.2, 0.25) is 0 Å². The highest BCUT2D eigenvalue weighted by Crippen LogP contribution is 1.95. The lowest BCUT2D eigenvalue weighted by molar-refractivity contribution is -0.136. The Balaban J connectivity index is 2.28. The van der Waals surface area contributed by atoms with Crippen LogP contribution in [0.4, 0.5) is 0 Å². The van der Waals surface area contributed by atoms with Gasteiger partial charge in [-0.2, -0.15) is 5.10 Å². The van der Waals surface area contributed by atoms with Crippen LogP contribution in [-0.2, 0) is 23.1 Å². The summed E-state index contributed by atoms with van der Waals surface area (Å²) in [5.74, 6) is -0.292. The molecule has 5 heteroatoms. The van der Waals surface area contributed by atoms with E-state index >= 15 is 0 Å². The molecule has 88 valence electrons. The van der Waals surface area contributed by atoms with E-state index in [4.69, 9.17) is 0 Å². The van der Waals surface area contributed by atoms with E-state index in [9.17, 15) is 4.79 Å². The molecule has 0 aromatic carbocycles. The first-order valence-electron chi connectivity index (χ1n) is 5.08. The molecule has 0 aliphatic heterocycles. The van der Waals surface area contributed by atoms with Crippen molar-refractivity contribution in [3.05, 3.63) is 29.6 Å². The van der Waals surface area contributed by atoms with Gasteiger partial charge < -0.3 is 10.1 Å². The van der Waals surface area contributed by atoms with Gasteiger partial charge in [0.2, 0.25) is 0 Å². The number of aromatic nitrogens is 2. The molecule has 0 amide bonds. The molecule has 1 rings (SSSR count). The van der Waals surface area contributed by atoms with E-state index in [1.165, 1.54) is 7.11 Å². The monoisotopic (exact) mass is 223 g/mol. The molecule has 0 bridgehead atoms. The summed E-state index contributed by atoms with van der Waals surface area (Å²) in [6.45, 7) is 3.04. The maximum atomic E-state index is 11.0. The maximum Gasteiger partial charge on any atom is 0.333 e. The fraction of sp³-hybridized carbons (Fsp3) is 0.455. The average molecular weight is 223 g/mol. The molecule has 0 spiro atoms. The van der Waals surface area contributed by atoms with Gasteiger partial charge >= 0.3 is 5.97 Å². The van der Waals surface area contributed by atoms with Crippen LogP contribution in [0.5, 0.6) is 0 Å². The largest absolute Gasteiger partial charge is 0.466 e. The zero-order chi connectivity index (χ0) is 12.0. The van der Waals surface area contributed by atoms with Gasteiger partial charge in [0.25, 0.3) is 0 Å². The van der Waals surface area contributed by atoms with Gasteiger partial charge in [0.1, 0.15) is 0 Å². The summed E-state index contributed by atoms with van der Waals surface area (Å²) < 4.78 is 6.34. The van der Waals surface area contributed by atoms with Crippen LogP contribution in [0.15, 0.2) is 23.9 Å². The third-order valence-electron chi connectivity index (χ3n) is 2.13. The molecule has 0 aliphatic rings. The molecular weight excluding hydrogens is 206 g/mol. The van der Waals surface area contributed by atoms with Crippen molar-refractivity contribution in [2.75, 3.05) is 13.7 Å². The number of ether oxygens (including phenoxy) is 1. The summed E-state index contributed by atoms with van der Waals surface area (Å²) >= 11 is 0. The van der Waals surface area contributed by atoms with Crippen molar-refractivity contribution in [2.24, 2.45) is 7.05 Å². The first-order chi connectivity index (χ1) is 7.63. The lowest BCUT2D eigenvalue weighted by Crippen LogP contribution is -2.15. The van der Waals surface area contributed by atoms with Crippen LogP contribution < -0.4 is 5.32 Å². The van der Waals surface area contributed by atoms with Gasteiger partial charge in [-0.15, -0.1) is 0 Å². The lowest BCUT2D eigenvalue weighted by Gasteiger charge is -2.00. The van der Waals surface area contributed by atoms with Crippen LogP contribution >= 0.6 is 0 Å². The summed E-state index contributed by atoms with van der Waals surface area (Å²) in [4.78, 5) is 11.0. The second-order valence-electron chi connectivity index (χ2n) is 3.49. The van der Waals surface area contributed by atoms with Crippen LogP contribution in [0.1, 0.15) is 12.6 Å². The predicted molar refractivity (Wildman–Crippen MR) is 60.7 cm³/mol. The van der Waals surface area contributed by atoms with E-state index in [2.05, 4.69) is 15.2 Å². The minimum Gasteiger partial charge on any atom is -0.466 e. The molecule has 0 unspecified atom stereocenters. The highest BCUT2D eigenvalue weighted by Gasteiger charge is 2.01. The van der Waals surface area contributed by atoms with Gasteiger partial charge in [-0.05, 0) is 13.0 Å². The Morgan fingerprint density at radius 3 is 3.00 bits per heavy atom. The van der Waals surface area contributed by atoms with Gasteiger partial charge in [0, 0.05) is 31.9 Å². The van der Waals surface area contributed by atoms with E-state index in [0.717, 1.165) is 5.69 Å². The number of nitrogens with one attached hydrogen (secondary N) is 1. The van der Waals surface area contributed by atoms with Crippen LogP contribution in [0.25, 0.3) is 0 Å². The topological polar surface area (TPSA) is 56.1 Å². The number of carbonyl (C=O) groups excluding carboxylic acids is 1. The van der Waals surface area contributed by atoms with E-state index in [1.54, 1.807) is 17.7 Å².